The van der Waals surface area contributed by atoms with Crippen molar-refractivity contribution < 1.29 is 23.8 Å². The topological polar surface area (TPSA) is 101 Å². The number of aryl methyl sites for hydroxylation is 1. The van der Waals surface area contributed by atoms with Crippen LogP contribution in [0.25, 0.3) is 11.3 Å². The summed E-state index contributed by atoms with van der Waals surface area (Å²) in [5, 5.41) is 14.8. The molecule has 0 aliphatic rings. The maximum absolute atomic E-state index is 12.5. The molecular weight excluding hydrogens is 404 g/mol. The van der Waals surface area contributed by atoms with Gasteiger partial charge in [-0.15, -0.1) is 0 Å². The first-order valence-electron chi connectivity index (χ1n) is 9.14. The van der Waals surface area contributed by atoms with Crippen LogP contribution in [-0.4, -0.2) is 29.2 Å². The third-order valence-electron chi connectivity index (χ3n) is 4.41. The molecule has 154 valence electrons. The van der Waals surface area contributed by atoms with E-state index in [0.29, 0.717) is 28.3 Å². The predicted molar refractivity (Wildman–Crippen MR) is 117 cm³/mol. The number of ether oxygens (including phenoxy) is 1. The number of furan rings is 1. The first kappa shape index (κ1) is 21.1. The van der Waals surface area contributed by atoms with Crippen LogP contribution in [0.3, 0.4) is 0 Å². The molecule has 1 amide bonds. The molecule has 3 N–H and O–H groups in total. The molecule has 0 aliphatic carbocycles. The van der Waals surface area contributed by atoms with Gasteiger partial charge in [0, 0.05) is 17.2 Å². The molecule has 0 spiro atoms. The maximum Gasteiger partial charge on any atom is 0.371 e. The van der Waals surface area contributed by atoms with Gasteiger partial charge < -0.3 is 19.6 Å². The van der Waals surface area contributed by atoms with Crippen molar-refractivity contribution in [3.05, 3.63) is 71.5 Å². The van der Waals surface area contributed by atoms with Crippen LogP contribution in [0.5, 0.6) is 5.75 Å². The maximum atomic E-state index is 12.5. The molecule has 0 saturated carbocycles. The first-order chi connectivity index (χ1) is 14.4. The zero-order valence-corrected chi connectivity index (χ0v) is 17.2. The molecule has 8 heteroatoms. The summed E-state index contributed by atoms with van der Waals surface area (Å²) in [5.41, 5.74) is 2.67. The molecule has 1 heterocycles. The van der Waals surface area contributed by atoms with Crippen molar-refractivity contribution in [1.29, 1.82) is 0 Å². The van der Waals surface area contributed by atoms with Gasteiger partial charge in [-0.2, -0.15) is 0 Å². The summed E-state index contributed by atoms with van der Waals surface area (Å²) in [6.45, 7) is 2.04. The smallest absolute Gasteiger partial charge is 0.371 e. The predicted octanol–water partition coefficient (Wildman–Crippen LogP) is 4.34. The Morgan fingerprint density at radius 2 is 1.83 bits per heavy atom. The first-order valence-corrected chi connectivity index (χ1v) is 9.55. The van der Waals surface area contributed by atoms with Gasteiger partial charge in [0.05, 0.1) is 12.8 Å². The Labute approximate surface area is 178 Å². The largest absolute Gasteiger partial charge is 0.497 e. The molecule has 0 aliphatic heterocycles. The van der Waals surface area contributed by atoms with Crippen LogP contribution in [-0.2, 0) is 6.42 Å². The van der Waals surface area contributed by atoms with Crippen molar-refractivity contribution in [2.45, 2.75) is 13.3 Å². The minimum atomic E-state index is -1.17. The molecule has 30 heavy (non-hydrogen) atoms. The van der Waals surface area contributed by atoms with Gasteiger partial charge in [-0.05, 0) is 60.6 Å². The van der Waals surface area contributed by atoms with E-state index >= 15 is 0 Å². The van der Waals surface area contributed by atoms with E-state index in [0.717, 1.165) is 12.0 Å². The van der Waals surface area contributed by atoms with Crippen molar-refractivity contribution in [1.82, 2.24) is 5.32 Å². The highest BCUT2D eigenvalue weighted by Crippen LogP contribution is 2.32. The lowest BCUT2D eigenvalue weighted by Crippen LogP contribution is -2.34. The molecular formula is C22H20N2O5S. The second kappa shape index (κ2) is 9.23. The van der Waals surface area contributed by atoms with Crippen molar-refractivity contribution in [3.8, 4) is 17.1 Å². The van der Waals surface area contributed by atoms with Gasteiger partial charge >= 0.3 is 5.97 Å². The van der Waals surface area contributed by atoms with Gasteiger partial charge in [0.15, 0.2) is 5.11 Å². The lowest BCUT2D eigenvalue weighted by atomic mass is 10.1. The number of hydrogen-bond donors (Lipinski definition) is 3. The van der Waals surface area contributed by atoms with Crippen molar-refractivity contribution >= 4 is 34.9 Å². The summed E-state index contributed by atoms with van der Waals surface area (Å²) < 4.78 is 10.6. The van der Waals surface area contributed by atoms with Gasteiger partial charge in [0.25, 0.3) is 5.91 Å². The fraction of sp³-hybridized carbons (Fsp3) is 0.136. The Morgan fingerprint density at radius 1 is 1.10 bits per heavy atom. The summed E-state index contributed by atoms with van der Waals surface area (Å²) >= 11 is 5.29. The average molecular weight is 424 g/mol. The van der Waals surface area contributed by atoms with Crippen molar-refractivity contribution in [2.24, 2.45) is 0 Å². The lowest BCUT2D eigenvalue weighted by molar-refractivity contribution is 0.0663. The number of carboxylic acids is 1. The van der Waals surface area contributed by atoms with Gasteiger partial charge in [0.2, 0.25) is 5.76 Å². The number of hydrogen-bond acceptors (Lipinski definition) is 5. The molecule has 1 aromatic heterocycles. The Kier molecular flexibility index (Phi) is 6.48. The molecule has 0 bridgehead atoms. The molecule has 0 fully saturated rings. The molecule has 3 aromatic rings. The van der Waals surface area contributed by atoms with Gasteiger partial charge in [-0.3, -0.25) is 10.1 Å². The Bertz CT molecular complexity index is 1090. The van der Waals surface area contributed by atoms with Gasteiger partial charge in [-0.1, -0.05) is 19.1 Å². The highest BCUT2D eigenvalue weighted by Gasteiger charge is 2.16. The van der Waals surface area contributed by atoms with E-state index in [9.17, 15) is 9.59 Å². The van der Waals surface area contributed by atoms with Crippen LogP contribution in [0.4, 0.5) is 5.69 Å². The molecule has 0 atom stereocenters. The zero-order chi connectivity index (χ0) is 21.7. The van der Waals surface area contributed by atoms with E-state index in [1.807, 2.05) is 19.1 Å². The number of anilines is 1. The zero-order valence-electron chi connectivity index (χ0n) is 16.4. The van der Waals surface area contributed by atoms with E-state index in [-0.39, 0.29) is 16.8 Å². The van der Waals surface area contributed by atoms with E-state index in [1.165, 1.54) is 13.2 Å². The van der Waals surface area contributed by atoms with Crippen LogP contribution in [0.1, 0.15) is 33.4 Å². The van der Waals surface area contributed by atoms with Gasteiger partial charge in [-0.25, -0.2) is 4.79 Å². The van der Waals surface area contributed by atoms with Crippen LogP contribution in [0.15, 0.2) is 59.0 Å². The third-order valence-corrected chi connectivity index (χ3v) is 4.61. The minimum Gasteiger partial charge on any atom is -0.497 e. The number of carbonyl (C=O) groups excluding carboxylic acids is 1. The highest BCUT2D eigenvalue weighted by atomic mass is 32.1. The van der Waals surface area contributed by atoms with Crippen molar-refractivity contribution in [2.75, 3.05) is 12.4 Å². The number of nitrogens with one attached hydrogen (secondary N) is 2. The van der Waals surface area contributed by atoms with Crippen LogP contribution in [0, 0.1) is 0 Å². The van der Waals surface area contributed by atoms with Crippen LogP contribution < -0.4 is 15.4 Å². The highest BCUT2D eigenvalue weighted by molar-refractivity contribution is 7.80. The second-order valence-corrected chi connectivity index (χ2v) is 6.75. The quantitative estimate of drug-likeness (QED) is 0.506. The lowest BCUT2D eigenvalue weighted by Gasteiger charge is -2.14. The number of benzene rings is 2. The average Bonchev–Trinajstić information content (AvgIpc) is 3.24. The van der Waals surface area contributed by atoms with Gasteiger partial charge in [0.1, 0.15) is 11.5 Å². The molecule has 0 radical (unpaired) electrons. The Morgan fingerprint density at radius 3 is 2.43 bits per heavy atom. The number of thiocarbonyl (C=S) groups is 1. The minimum absolute atomic E-state index is 0.0825. The molecule has 0 saturated heterocycles. The van der Waals surface area contributed by atoms with E-state index in [1.54, 1.807) is 36.4 Å². The fourth-order valence-corrected chi connectivity index (χ4v) is 2.99. The third kappa shape index (κ3) is 4.84. The number of aromatic carboxylic acids is 1. The summed E-state index contributed by atoms with van der Waals surface area (Å²) in [6, 6.07) is 15.3. The Balaban J connectivity index is 1.80. The number of carboxylic acid groups (broad SMARTS) is 1. The standard InChI is InChI=1S/C22H20N2O5S/c1-3-13-4-6-14(7-5-13)20(25)24-22(30)23-17-12-15(28-2)8-9-16(17)18-10-11-19(29-18)21(26)27/h4-12H,3H2,1-2H3,(H,26,27)(H2,23,24,25,30). The fourth-order valence-electron chi connectivity index (χ4n) is 2.79. The Hall–Kier alpha value is -3.65. The monoisotopic (exact) mass is 424 g/mol. The second-order valence-electron chi connectivity index (χ2n) is 6.34. The summed E-state index contributed by atoms with van der Waals surface area (Å²) in [7, 11) is 1.52. The van der Waals surface area contributed by atoms with E-state index < -0.39 is 5.97 Å². The number of rotatable bonds is 6. The molecule has 7 nitrogen and oxygen atoms in total. The molecule has 3 rings (SSSR count). The molecule has 2 aromatic carbocycles. The van der Waals surface area contributed by atoms with E-state index in [4.69, 9.17) is 26.5 Å². The van der Waals surface area contributed by atoms with Crippen LogP contribution in [0.2, 0.25) is 0 Å². The molecule has 0 unspecified atom stereocenters. The number of methoxy groups -OCH3 is 1. The normalized spacial score (nSPS) is 10.3. The number of amides is 1. The van der Waals surface area contributed by atoms with Crippen LogP contribution >= 0.6 is 12.2 Å². The summed E-state index contributed by atoms with van der Waals surface area (Å²) in [5.74, 6) is -0.803. The van der Waals surface area contributed by atoms with Crippen molar-refractivity contribution in [3.63, 3.8) is 0 Å². The summed E-state index contributed by atoms with van der Waals surface area (Å²) in [6.07, 6.45) is 0.886. The van der Waals surface area contributed by atoms with E-state index in [2.05, 4.69) is 10.6 Å². The summed E-state index contributed by atoms with van der Waals surface area (Å²) in [4.78, 5) is 23.6. The SMILES string of the molecule is CCc1ccc(C(=O)NC(=S)Nc2cc(OC)ccc2-c2ccc(C(=O)O)o2)cc1. The number of carbonyl (C=O) groups is 2.